The molecule has 1 atom stereocenters. The van der Waals surface area contributed by atoms with Crippen LogP contribution in [-0.2, 0) is 14.3 Å². The fourth-order valence-electron chi connectivity index (χ4n) is 2.22. The van der Waals surface area contributed by atoms with Crippen LogP contribution in [0, 0.1) is 17.8 Å². The van der Waals surface area contributed by atoms with Crippen LogP contribution in [0.4, 0.5) is 0 Å². The van der Waals surface area contributed by atoms with E-state index in [1.165, 1.54) is 6.08 Å². The van der Waals surface area contributed by atoms with E-state index in [0.29, 0.717) is 30.8 Å². The quantitative estimate of drug-likeness (QED) is 0.633. The molecule has 0 radical (unpaired) electrons. The second-order valence-electron chi connectivity index (χ2n) is 4.88. The number of benzene rings is 1. The van der Waals surface area contributed by atoms with Gasteiger partial charge in [0.15, 0.2) is 5.78 Å². The van der Waals surface area contributed by atoms with E-state index in [9.17, 15) is 9.59 Å². The van der Waals surface area contributed by atoms with E-state index in [1.54, 1.807) is 31.4 Å². The topological polar surface area (TPSA) is 52.6 Å². The SMILES string of the molecule is CCOC1=CC(=O)C(C(=O)C#Cc2ccc(OC)cc2)CC1. The summed E-state index contributed by atoms with van der Waals surface area (Å²) < 4.78 is 10.4. The molecule has 0 N–H and O–H groups in total. The van der Waals surface area contributed by atoms with E-state index in [4.69, 9.17) is 9.47 Å². The van der Waals surface area contributed by atoms with Crippen LogP contribution in [-0.4, -0.2) is 25.3 Å². The predicted molar refractivity (Wildman–Crippen MR) is 82.3 cm³/mol. The molecule has 0 aliphatic heterocycles. The molecule has 0 aromatic heterocycles. The molecule has 4 heteroatoms. The number of methoxy groups -OCH3 is 1. The van der Waals surface area contributed by atoms with Crippen molar-refractivity contribution in [1.29, 1.82) is 0 Å². The predicted octanol–water partition coefficient (Wildman–Crippen LogP) is 2.52. The number of hydrogen-bond acceptors (Lipinski definition) is 4. The van der Waals surface area contributed by atoms with E-state index in [-0.39, 0.29) is 11.6 Å². The molecular weight excluding hydrogens is 280 g/mol. The summed E-state index contributed by atoms with van der Waals surface area (Å²) in [5.41, 5.74) is 0.711. The van der Waals surface area contributed by atoms with Gasteiger partial charge in [0.05, 0.1) is 25.4 Å². The highest BCUT2D eigenvalue weighted by Gasteiger charge is 2.28. The Morgan fingerprint density at radius 3 is 2.64 bits per heavy atom. The molecule has 2 rings (SSSR count). The minimum atomic E-state index is -0.671. The van der Waals surface area contributed by atoms with Gasteiger partial charge in [0, 0.05) is 18.1 Å². The highest BCUT2D eigenvalue weighted by molar-refractivity contribution is 6.14. The molecule has 1 aromatic carbocycles. The van der Waals surface area contributed by atoms with Gasteiger partial charge < -0.3 is 9.47 Å². The molecule has 4 nitrogen and oxygen atoms in total. The van der Waals surface area contributed by atoms with Crippen molar-refractivity contribution in [1.82, 2.24) is 0 Å². The number of rotatable bonds is 4. The van der Waals surface area contributed by atoms with Crippen LogP contribution >= 0.6 is 0 Å². The molecule has 22 heavy (non-hydrogen) atoms. The maximum atomic E-state index is 12.1. The van der Waals surface area contributed by atoms with Crippen LogP contribution in [0.3, 0.4) is 0 Å². The summed E-state index contributed by atoms with van der Waals surface area (Å²) in [6, 6.07) is 7.10. The molecule has 0 saturated carbocycles. The number of ketones is 2. The van der Waals surface area contributed by atoms with E-state index in [1.807, 2.05) is 6.92 Å². The lowest BCUT2D eigenvalue weighted by atomic mass is 9.88. The van der Waals surface area contributed by atoms with Crippen molar-refractivity contribution in [2.24, 2.45) is 5.92 Å². The highest BCUT2D eigenvalue weighted by atomic mass is 16.5. The first-order valence-corrected chi connectivity index (χ1v) is 7.21. The summed E-state index contributed by atoms with van der Waals surface area (Å²) in [6.45, 7) is 2.39. The zero-order valence-corrected chi connectivity index (χ0v) is 12.7. The summed E-state index contributed by atoms with van der Waals surface area (Å²) in [4.78, 5) is 24.0. The minimum Gasteiger partial charge on any atom is -0.498 e. The van der Waals surface area contributed by atoms with Crippen LogP contribution in [0.25, 0.3) is 0 Å². The molecule has 1 unspecified atom stereocenters. The molecule has 0 bridgehead atoms. The number of hydrogen-bond donors (Lipinski definition) is 0. The molecule has 0 heterocycles. The Morgan fingerprint density at radius 1 is 1.32 bits per heavy atom. The number of ether oxygens (including phenoxy) is 2. The van der Waals surface area contributed by atoms with Crippen LogP contribution in [0.1, 0.15) is 25.3 Å². The van der Waals surface area contributed by atoms with Gasteiger partial charge in [0.1, 0.15) is 5.75 Å². The molecule has 0 amide bonds. The Morgan fingerprint density at radius 2 is 2.05 bits per heavy atom. The zero-order valence-electron chi connectivity index (χ0n) is 12.7. The van der Waals surface area contributed by atoms with Crippen LogP contribution < -0.4 is 4.74 Å². The van der Waals surface area contributed by atoms with Crippen molar-refractivity contribution in [2.45, 2.75) is 19.8 Å². The average Bonchev–Trinajstić information content (AvgIpc) is 2.53. The molecule has 1 aliphatic carbocycles. The number of Topliss-reactive ketones (excluding diaryl/α,β-unsaturated/α-hetero) is 1. The van der Waals surface area contributed by atoms with Crippen LogP contribution in [0.2, 0.25) is 0 Å². The third-order valence-electron chi connectivity index (χ3n) is 3.39. The molecule has 114 valence electrons. The smallest absolute Gasteiger partial charge is 0.216 e. The molecule has 0 fully saturated rings. The van der Waals surface area contributed by atoms with Crippen molar-refractivity contribution in [3.63, 3.8) is 0 Å². The first kappa shape index (κ1) is 15.8. The van der Waals surface area contributed by atoms with Crippen LogP contribution in [0.15, 0.2) is 36.1 Å². The van der Waals surface area contributed by atoms with Crippen molar-refractivity contribution < 1.29 is 19.1 Å². The Balaban J connectivity index is 2.04. The third-order valence-corrected chi connectivity index (χ3v) is 3.39. The molecule has 0 spiro atoms. The normalized spacial score (nSPS) is 17.1. The van der Waals surface area contributed by atoms with Gasteiger partial charge in [-0.25, -0.2) is 0 Å². The van der Waals surface area contributed by atoms with Gasteiger partial charge in [0.2, 0.25) is 5.78 Å². The van der Waals surface area contributed by atoms with E-state index >= 15 is 0 Å². The fourth-order valence-corrected chi connectivity index (χ4v) is 2.22. The Hall–Kier alpha value is -2.54. The van der Waals surface area contributed by atoms with E-state index < -0.39 is 5.92 Å². The van der Waals surface area contributed by atoms with Crippen molar-refractivity contribution in [3.8, 4) is 17.6 Å². The van der Waals surface area contributed by atoms with Crippen molar-refractivity contribution >= 4 is 11.6 Å². The van der Waals surface area contributed by atoms with Gasteiger partial charge in [-0.15, -0.1) is 0 Å². The second kappa shape index (κ2) is 7.46. The van der Waals surface area contributed by atoms with Crippen molar-refractivity contribution in [2.75, 3.05) is 13.7 Å². The van der Waals surface area contributed by atoms with Gasteiger partial charge in [-0.1, -0.05) is 5.92 Å². The molecule has 0 saturated heterocycles. The largest absolute Gasteiger partial charge is 0.498 e. The summed E-state index contributed by atoms with van der Waals surface area (Å²) >= 11 is 0. The summed E-state index contributed by atoms with van der Waals surface area (Å²) in [5.74, 6) is 5.51. The second-order valence-corrected chi connectivity index (χ2v) is 4.88. The summed E-state index contributed by atoms with van der Waals surface area (Å²) in [5, 5.41) is 0. The lowest BCUT2D eigenvalue weighted by Crippen LogP contribution is -2.25. The highest BCUT2D eigenvalue weighted by Crippen LogP contribution is 2.22. The first-order valence-electron chi connectivity index (χ1n) is 7.21. The minimum absolute atomic E-state index is 0.219. The lowest BCUT2D eigenvalue weighted by Gasteiger charge is -2.17. The van der Waals surface area contributed by atoms with Gasteiger partial charge in [-0.3, -0.25) is 9.59 Å². The van der Waals surface area contributed by atoms with E-state index in [0.717, 1.165) is 5.75 Å². The average molecular weight is 298 g/mol. The Kier molecular flexibility index (Phi) is 5.37. The third kappa shape index (κ3) is 3.98. The van der Waals surface area contributed by atoms with Gasteiger partial charge in [-0.2, -0.15) is 0 Å². The van der Waals surface area contributed by atoms with Gasteiger partial charge >= 0.3 is 0 Å². The summed E-state index contributed by atoms with van der Waals surface area (Å²) in [6.07, 6.45) is 2.48. The maximum Gasteiger partial charge on any atom is 0.216 e. The first-order chi connectivity index (χ1) is 10.6. The van der Waals surface area contributed by atoms with Gasteiger partial charge in [0.25, 0.3) is 0 Å². The van der Waals surface area contributed by atoms with Crippen molar-refractivity contribution in [3.05, 3.63) is 41.7 Å². The fraction of sp³-hybridized carbons (Fsp3) is 0.333. The monoisotopic (exact) mass is 298 g/mol. The number of carbonyl (C=O) groups is 2. The maximum absolute atomic E-state index is 12.1. The molecule has 1 aliphatic rings. The number of allylic oxidation sites excluding steroid dienone is 2. The van der Waals surface area contributed by atoms with Gasteiger partial charge in [-0.05, 0) is 43.5 Å². The number of carbonyl (C=O) groups excluding carboxylic acids is 2. The Labute approximate surface area is 130 Å². The molecular formula is C18H18O4. The zero-order chi connectivity index (χ0) is 15.9. The Bertz CT molecular complexity index is 644. The standard InChI is InChI=1S/C18H18O4/c1-3-22-15-9-10-16(18(20)12-15)17(19)11-6-13-4-7-14(21-2)8-5-13/h4-5,7-8,12,16H,3,9-10H2,1-2H3. The van der Waals surface area contributed by atoms with Crippen LogP contribution in [0.5, 0.6) is 5.75 Å². The molecule has 1 aromatic rings. The van der Waals surface area contributed by atoms with E-state index in [2.05, 4.69) is 11.8 Å². The lowest BCUT2D eigenvalue weighted by molar-refractivity contribution is -0.127. The summed E-state index contributed by atoms with van der Waals surface area (Å²) in [7, 11) is 1.59.